The van der Waals surface area contributed by atoms with Crippen molar-refractivity contribution in [3.63, 3.8) is 0 Å². The van der Waals surface area contributed by atoms with Gasteiger partial charge in [0, 0.05) is 0 Å². The van der Waals surface area contributed by atoms with E-state index in [1.165, 1.54) is 11.1 Å². The van der Waals surface area contributed by atoms with Crippen molar-refractivity contribution in [3.05, 3.63) is 40.4 Å². The van der Waals surface area contributed by atoms with E-state index in [0.29, 0.717) is 0 Å². The van der Waals surface area contributed by atoms with Crippen LogP contribution in [0.1, 0.15) is 11.1 Å². The van der Waals surface area contributed by atoms with Gasteiger partial charge in [-0.3, -0.25) is 0 Å². The molecule has 0 saturated carbocycles. The predicted molar refractivity (Wildman–Crippen MR) is 49.1 cm³/mol. The quantitative estimate of drug-likeness (QED) is 0.647. The van der Waals surface area contributed by atoms with E-state index in [-0.39, 0.29) is 0 Å². The molecule has 0 saturated heterocycles. The van der Waals surface area contributed by atoms with Crippen molar-refractivity contribution in [3.8, 4) is 0 Å². The number of aryl methyl sites for hydroxylation is 1. The Balaban J connectivity index is 2.89. The molecule has 0 nitrogen and oxygen atoms in total. The van der Waals surface area contributed by atoms with Crippen molar-refractivity contribution in [1.82, 2.24) is 0 Å². The van der Waals surface area contributed by atoms with Gasteiger partial charge in [-0.05, 0) is 23.5 Å². The van der Waals surface area contributed by atoms with E-state index in [9.17, 15) is 0 Å². The summed E-state index contributed by atoms with van der Waals surface area (Å²) < 4.78 is 0. The Morgan fingerprint density at radius 1 is 1.20 bits per heavy atom. The lowest BCUT2D eigenvalue weighted by molar-refractivity contribution is 1.46. The van der Waals surface area contributed by atoms with Gasteiger partial charge < -0.3 is 0 Å². The molecule has 1 heteroatoms. The van der Waals surface area contributed by atoms with Crippen LogP contribution in [0.3, 0.4) is 0 Å². The highest BCUT2D eigenvalue weighted by atomic mass is 79.9. The molecule has 0 radical (unpaired) electrons. The van der Waals surface area contributed by atoms with Gasteiger partial charge in [0.05, 0.1) is 0 Å². The summed E-state index contributed by atoms with van der Waals surface area (Å²) in [7, 11) is 0. The summed E-state index contributed by atoms with van der Waals surface area (Å²) in [5, 5.41) is 0. The van der Waals surface area contributed by atoms with Crippen molar-refractivity contribution in [2.24, 2.45) is 0 Å². The molecular formula is C9H9Br. The lowest BCUT2D eigenvalue weighted by Gasteiger charge is -1.92. The fraction of sp³-hybridized carbons (Fsp3) is 0.111. The van der Waals surface area contributed by atoms with Gasteiger partial charge in [-0.25, -0.2) is 0 Å². The maximum Gasteiger partial charge on any atom is -0.0183 e. The van der Waals surface area contributed by atoms with Crippen molar-refractivity contribution in [1.29, 1.82) is 0 Å². The summed E-state index contributed by atoms with van der Waals surface area (Å²) in [5.74, 6) is 0. The summed E-state index contributed by atoms with van der Waals surface area (Å²) in [4.78, 5) is 1.86. The minimum absolute atomic E-state index is 1.22. The number of hydrogen-bond acceptors (Lipinski definition) is 0. The van der Waals surface area contributed by atoms with Crippen LogP contribution in [0.2, 0.25) is 0 Å². The summed E-state index contributed by atoms with van der Waals surface area (Å²) in [6.45, 7) is 2.08. The highest BCUT2D eigenvalue weighted by molar-refractivity contribution is 9.11. The molecule has 52 valence electrons. The lowest BCUT2D eigenvalue weighted by atomic mass is 10.2. The zero-order chi connectivity index (χ0) is 7.40. The molecule has 0 bridgehead atoms. The molecule has 0 unspecified atom stereocenters. The molecule has 0 aliphatic rings. The van der Waals surface area contributed by atoms with Crippen molar-refractivity contribution < 1.29 is 0 Å². The molecule has 0 aliphatic heterocycles. The summed E-state index contributed by atoms with van der Waals surface area (Å²) in [6, 6.07) is 8.38. The Kier molecular flexibility index (Phi) is 2.69. The summed E-state index contributed by atoms with van der Waals surface area (Å²) >= 11 is 3.22. The van der Waals surface area contributed by atoms with Crippen LogP contribution in [0.25, 0.3) is 6.08 Å². The second-order valence-electron chi connectivity index (χ2n) is 2.20. The van der Waals surface area contributed by atoms with Crippen molar-refractivity contribution in [2.45, 2.75) is 6.92 Å². The fourth-order valence-electron chi connectivity index (χ4n) is 0.750. The topological polar surface area (TPSA) is 0 Å². The Morgan fingerprint density at radius 2 is 1.80 bits per heavy atom. The van der Waals surface area contributed by atoms with Crippen LogP contribution in [0.5, 0.6) is 0 Å². The third-order valence-corrected chi connectivity index (χ3v) is 1.60. The first-order valence-corrected chi connectivity index (χ1v) is 4.08. The maximum atomic E-state index is 3.22. The fourth-order valence-corrected chi connectivity index (χ4v) is 1.06. The van der Waals surface area contributed by atoms with Crippen LogP contribution in [0, 0.1) is 6.92 Å². The van der Waals surface area contributed by atoms with Gasteiger partial charge >= 0.3 is 0 Å². The molecule has 0 spiro atoms. The monoisotopic (exact) mass is 196 g/mol. The van der Waals surface area contributed by atoms with Gasteiger partial charge in [0.25, 0.3) is 0 Å². The Bertz CT molecular complexity index is 221. The first kappa shape index (κ1) is 7.55. The molecule has 0 amide bonds. The molecular weight excluding hydrogens is 188 g/mol. The standard InChI is InChI=1S/C9H9Br/c1-8-2-4-9(5-3-8)6-7-10/h2-7H,1H3/b7-6+. The van der Waals surface area contributed by atoms with Crippen LogP contribution in [0.15, 0.2) is 29.3 Å². The Hall–Kier alpha value is -0.560. The third kappa shape index (κ3) is 1.99. The minimum Gasteiger partial charge on any atom is -0.0595 e. The first-order chi connectivity index (χ1) is 4.83. The first-order valence-electron chi connectivity index (χ1n) is 3.16. The normalized spacial score (nSPS) is 10.6. The van der Waals surface area contributed by atoms with E-state index in [2.05, 4.69) is 47.1 Å². The van der Waals surface area contributed by atoms with E-state index in [1.54, 1.807) is 0 Å². The molecule has 0 heterocycles. The van der Waals surface area contributed by atoms with Crippen LogP contribution >= 0.6 is 15.9 Å². The van der Waals surface area contributed by atoms with Crippen molar-refractivity contribution >= 4 is 22.0 Å². The van der Waals surface area contributed by atoms with Gasteiger partial charge in [0.2, 0.25) is 0 Å². The molecule has 1 aromatic rings. The second kappa shape index (κ2) is 3.57. The number of hydrogen-bond donors (Lipinski definition) is 0. The molecule has 1 aromatic carbocycles. The van der Waals surface area contributed by atoms with Gasteiger partial charge in [0.15, 0.2) is 0 Å². The van der Waals surface area contributed by atoms with Gasteiger partial charge in [-0.1, -0.05) is 45.8 Å². The van der Waals surface area contributed by atoms with E-state index < -0.39 is 0 Å². The summed E-state index contributed by atoms with van der Waals surface area (Å²) in [6.07, 6.45) is 2.01. The molecule has 10 heavy (non-hydrogen) atoms. The molecule has 0 N–H and O–H groups in total. The average Bonchev–Trinajstić information content (AvgIpc) is 1.95. The molecule has 1 rings (SSSR count). The smallest absolute Gasteiger partial charge is 0.0183 e. The molecule has 0 aliphatic carbocycles. The molecule has 0 atom stereocenters. The maximum absolute atomic E-state index is 3.22. The van der Waals surface area contributed by atoms with E-state index in [0.717, 1.165) is 0 Å². The molecule has 0 aromatic heterocycles. The Morgan fingerprint density at radius 3 is 2.30 bits per heavy atom. The zero-order valence-corrected chi connectivity index (χ0v) is 7.43. The van der Waals surface area contributed by atoms with Crippen LogP contribution in [-0.2, 0) is 0 Å². The number of halogens is 1. The number of benzene rings is 1. The van der Waals surface area contributed by atoms with Gasteiger partial charge in [-0.2, -0.15) is 0 Å². The van der Waals surface area contributed by atoms with Crippen LogP contribution in [-0.4, -0.2) is 0 Å². The predicted octanol–water partition coefficient (Wildman–Crippen LogP) is 3.36. The van der Waals surface area contributed by atoms with Crippen LogP contribution in [0.4, 0.5) is 0 Å². The molecule has 0 fully saturated rings. The lowest BCUT2D eigenvalue weighted by Crippen LogP contribution is -1.71. The SMILES string of the molecule is Cc1ccc(/C=C/Br)cc1. The van der Waals surface area contributed by atoms with Crippen LogP contribution < -0.4 is 0 Å². The van der Waals surface area contributed by atoms with E-state index >= 15 is 0 Å². The van der Waals surface area contributed by atoms with E-state index in [1.807, 2.05) is 11.1 Å². The highest BCUT2D eigenvalue weighted by Crippen LogP contribution is 2.05. The minimum atomic E-state index is 1.22. The largest absolute Gasteiger partial charge is 0.0595 e. The van der Waals surface area contributed by atoms with Crippen molar-refractivity contribution in [2.75, 3.05) is 0 Å². The summed E-state index contributed by atoms with van der Waals surface area (Å²) in [5.41, 5.74) is 2.52. The average molecular weight is 197 g/mol. The second-order valence-corrected chi connectivity index (χ2v) is 2.73. The third-order valence-electron chi connectivity index (χ3n) is 1.33. The highest BCUT2D eigenvalue weighted by Gasteiger charge is 1.83. The van der Waals surface area contributed by atoms with Gasteiger partial charge in [0.1, 0.15) is 0 Å². The van der Waals surface area contributed by atoms with Gasteiger partial charge in [-0.15, -0.1) is 0 Å². The Labute approximate surface area is 69.7 Å². The number of rotatable bonds is 1. The zero-order valence-electron chi connectivity index (χ0n) is 5.84. The van der Waals surface area contributed by atoms with E-state index in [4.69, 9.17) is 0 Å².